The SMILES string of the molecule is CC.COCc1cc(C(C)(C)C)c(O)c(C(C)(C)C)c1. The van der Waals surface area contributed by atoms with E-state index in [2.05, 4.69) is 41.5 Å². The third-order valence-electron chi connectivity index (χ3n) is 3.10. The van der Waals surface area contributed by atoms with Crippen LogP contribution in [0.1, 0.15) is 72.1 Å². The molecule has 0 saturated heterocycles. The second-order valence-corrected chi connectivity index (χ2v) is 6.97. The highest BCUT2D eigenvalue weighted by atomic mass is 16.5. The molecule has 0 radical (unpaired) electrons. The number of hydrogen-bond donors (Lipinski definition) is 1. The molecule has 1 rings (SSSR count). The smallest absolute Gasteiger partial charge is 0.123 e. The highest BCUT2D eigenvalue weighted by Gasteiger charge is 2.26. The van der Waals surface area contributed by atoms with Gasteiger partial charge in [0.15, 0.2) is 0 Å². The first kappa shape index (κ1) is 19.0. The highest BCUT2D eigenvalue weighted by molar-refractivity contribution is 5.49. The van der Waals surface area contributed by atoms with Gasteiger partial charge in [0.2, 0.25) is 0 Å². The van der Waals surface area contributed by atoms with E-state index < -0.39 is 0 Å². The third kappa shape index (κ3) is 4.82. The summed E-state index contributed by atoms with van der Waals surface area (Å²) >= 11 is 0. The number of ether oxygens (including phenoxy) is 1. The molecule has 0 heterocycles. The lowest BCUT2D eigenvalue weighted by Gasteiger charge is -2.28. The second kappa shape index (κ2) is 7.12. The first-order valence-corrected chi connectivity index (χ1v) is 7.43. The molecule has 0 spiro atoms. The summed E-state index contributed by atoms with van der Waals surface area (Å²) in [6.07, 6.45) is 0. The van der Waals surface area contributed by atoms with Crippen molar-refractivity contribution < 1.29 is 9.84 Å². The molecule has 0 bridgehead atoms. The van der Waals surface area contributed by atoms with Crippen LogP contribution in [0.2, 0.25) is 0 Å². The van der Waals surface area contributed by atoms with Crippen molar-refractivity contribution in [2.24, 2.45) is 0 Å². The van der Waals surface area contributed by atoms with Crippen LogP contribution in [0.15, 0.2) is 12.1 Å². The molecule has 0 amide bonds. The quantitative estimate of drug-likeness (QED) is 0.810. The van der Waals surface area contributed by atoms with E-state index in [1.165, 1.54) is 0 Å². The lowest BCUT2D eigenvalue weighted by molar-refractivity contribution is 0.184. The minimum Gasteiger partial charge on any atom is -0.507 e. The largest absolute Gasteiger partial charge is 0.507 e. The summed E-state index contributed by atoms with van der Waals surface area (Å²) in [5.41, 5.74) is 2.94. The topological polar surface area (TPSA) is 29.5 Å². The van der Waals surface area contributed by atoms with Crippen LogP contribution < -0.4 is 0 Å². The third-order valence-corrected chi connectivity index (χ3v) is 3.10. The molecule has 0 aliphatic heterocycles. The van der Waals surface area contributed by atoms with Crippen LogP contribution in [0.25, 0.3) is 0 Å². The molecule has 1 aromatic carbocycles. The first-order chi connectivity index (χ1) is 9.07. The fourth-order valence-corrected chi connectivity index (χ4v) is 2.09. The standard InChI is InChI=1S/C16H26O2.C2H6/c1-15(2,3)12-8-11(10-18-7)9-13(14(12)17)16(4,5)6;1-2/h8-9,17H,10H2,1-7H3;1-2H3. The van der Waals surface area contributed by atoms with E-state index in [0.717, 1.165) is 16.7 Å². The van der Waals surface area contributed by atoms with E-state index in [1.807, 2.05) is 26.0 Å². The number of hydrogen-bond acceptors (Lipinski definition) is 2. The van der Waals surface area contributed by atoms with Gasteiger partial charge < -0.3 is 9.84 Å². The Morgan fingerprint density at radius 2 is 1.25 bits per heavy atom. The molecule has 0 atom stereocenters. The van der Waals surface area contributed by atoms with Crippen molar-refractivity contribution in [2.45, 2.75) is 72.8 Å². The van der Waals surface area contributed by atoms with Crippen LogP contribution in [0.5, 0.6) is 5.75 Å². The lowest BCUT2D eigenvalue weighted by atomic mass is 9.78. The molecule has 2 nitrogen and oxygen atoms in total. The molecule has 0 aromatic heterocycles. The molecular weight excluding hydrogens is 248 g/mol. The van der Waals surface area contributed by atoms with E-state index >= 15 is 0 Å². The Balaban J connectivity index is 0.00000172. The molecule has 1 aromatic rings. The zero-order valence-electron chi connectivity index (χ0n) is 14.7. The predicted molar refractivity (Wildman–Crippen MR) is 87.6 cm³/mol. The zero-order valence-corrected chi connectivity index (χ0v) is 14.7. The van der Waals surface area contributed by atoms with Crippen molar-refractivity contribution in [3.8, 4) is 5.75 Å². The van der Waals surface area contributed by atoms with Crippen LogP contribution in [0, 0.1) is 0 Å². The molecule has 1 N–H and O–H groups in total. The van der Waals surface area contributed by atoms with Crippen LogP contribution in [-0.2, 0) is 22.2 Å². The van der Waals surface area contributed by atoms with E-state index in [9.17, 15) is 5.11 Å². The number of benzene rings is 1. The fraction of sp³-hybridized carbons (Fsp3) is 0.667. The van der Waals surface area contributed by atoms with E-state index in [-0.39, 0.29) is 10.8 Å². The lowest BCUT2D eigenvalue weighted by Crippen LogP contribution is -2.18. The maximum absolute atomic E-state index is 10.5. The van der Waals surface area contributed by atoms with Crippen LogP contribution in [0.4, 0.5) is 0 Å². The van der Waals surface area contributed by atoms with Crippen LogP contribution >= 0.6 is 0 Å². The summed E-state index contributed by atoms with van der Waals surface area (Å²) in [6, 6.07) is 4.10. The Kier molecular flexibility index (Phi) is 6.76. The second-order valence-electron chi connectivity index (χ2n) is 6.97. The molecular formula is C18H32O2. The molecule has 116 valence electrons. The van der Waals surface area contributed by atoms with Gasteiger partial charge in [0, 0.05) is 7.11 Å². The van der Waals surface area contributed by atoms with Crippen molar-refractivity contribution in [1.29, 1.82) is 0 Å². The number of phenols is 1. The Morgan fingerprint density at radius 3 is 1.50 bits per heavy atom. The number of methoxy groups -OCH3 is 1. The van der Waals surface area contributed by atoms with Gasteiger partial charge in [-0.15, -0.1) is 0 Å². The average Bonchev–Trinajstić information content (AvgIpc) is 2.31. The summed E-state index contributed by atoms with van der Waals surface area (Å²) in [7, 11) is 1.69. The van der Waals surface area contributed by atoms with Gasteiger partial charge in [0.05, 0.1) is 6.61 Å². The molecule has 0 saturated carbocycles. The van der Waals surface area contributed by atoms with E-state index in [4.69, 9.17) is 4.74 Å². The molecule has 0 aliphatic rings. The van der Waals surface area contributed by atoms with Crippen molar-refractivity contribution in [2.75, 3.05) is 7.11 Å². The molecule has 0 unspecified atom stereocenters. The Morgan fingerprint density at radius 1 is 0.900 bits per heavy atom. The van der Waals surface area contributed by atoms with Gasteiger partial charge in [-0.2, -0.15) is 0 Å². The predicted octanol–water partition coefficient (Wildman–Crippen LogP) is 5.16. The van der Waals surface area contributed by atoms with Crippen molar-refractivity contribution in [1.82, 2.24) is 0 Å². The van der Waals surface area contributed by atoms with Gasteiger partial charge in [0.25, 0.3) is 0 Å². The van der Waals surface area contributed by atoms with Crippen LogP contribution in [-0.4, -0.2) is 12.2 Å². The fourth-order valence-electron chi connectivity index (χ4n) is 2.09. The van der Waals surface area contributed by atoms with Crippen LogP contribution in [0.3, 0.4) is 0 Å². The van der Waals surface area contributed by atoms with Gasteiger partial charge in [-0.05, 0) is 39.7 Å². The van der Waals surface area contributed by atoms with E-state index in [1.54, 1.807) is 7.11 Å². The van der Waals surface area contributed by atoms with Gasteiger partial charge in [-0.25, -0.2) is 0 Å². The molecule has 0 fully saturated rings. The average molecular weight is 280 g/mol. The maximum Gasteiger partial charge on any atom is 0.123 e. The molecule has 2 heteroatoms. The van der Waals surface area contributed by atoms with Gasteiger partial charge in [-0.3, -0.25) is 0 Å². The number of rotatable bonds is 2. The number of phenolic OH excluding ortho intramolecular Hbond substituents is 1. The van der Waals surface area contributed by atoms with Gasteiger partial charge in [-0.1, -0.05) is 55.4 Å². The molecule has 20 heavy (non-hydrogen) atoms. The summed E-state index contributed by atoms with van der Waals surface area (Å²) in [4.78, 5) is 0. The Labute approximate surface area is 125 Å². The van der Waals surface area contributed by atoms with Crippen molar-refractivity contribution >= 4 is 0 Å². The summed E-state index contributed by atoms with van der Waals surface area (Å²) in [5, 5.41) is 10.5. The van der Waals surface area contributed by atoms with Gasteiger partial charge in [0.1, 0.15) is 5.75 Å². The minimum atomic E-state index is -0.0756. The normalized spacial score (nSPS) is 11.8. The molecule has 0 aliphatic carbocycles. The van der Waals surface area contributed by atoms with Gasteiger partial charge >= 0.3 is 0 Å². The van der Waals surface area contributed by atoms with Crippen molar-refractivity contribution in [3.63, 3.8) is 0 Å². The summed E-state index contributed by atoms with van der Waals surface area (Å²) in [5.74, 6) is 0.426. The zero-order chi connectivity index (χ0) is 16.1. The maximum atomic E-state index is 10.5. The Bertz CT molecular complexity index is 385. The first-order valence-electron chi connectivity index (χ1n) is 7.43. The summed E-state index contributed by atoms with van der Waals surface area (Å²) in [6.45, 7) is 17.3. The highest BCUT2D eigenvalue weighted by Crippen LogP contribution is 2.39. The minimum absolute atomic E-state index is 0.0756. The Hall–Kier alpha value is -1.02. The van der Waals surface area contributed by atoms with Crippen molar-refractivity contribution in [3.05, 3.63) is 28.8 Å². The number of aromatic hydroxyl groups is 1. The van der Waals surface area contributed by atoms with E-state index in [0.29, 0.717) is 12.4 Å². The summed E-state index contributed by atoms with van der Waals surface area (Å²) < 4.78 is 5.22. The monoisotopic (exact) mass is 280 g/mol.